The molecule has 2 saturated carbocycles. The molecule has 2 aliphatic carbocycles. The van der Waals surface area contributed by atoms with Gasteiger partial charge in [0.25, 0.3) is 0 Å². The van der Waals surface area contributed by atoms with E-state index in [4.69, 9.17) is 0 Å². The van der Waals surface area contributed by atoms with Crippen molar-refractivity contribution in [2.75, 3.05) is 0 Å². The zero-order valence-corrected chi connectivity index (χ0v) is 11.2. The van der Waals surface area contributed by atoms with Crippen molar-refractivity contribution in [2.45, 2.75) is 70.8 Å². The summed E-state index contributed by atoms with van der Waals surface area (Å²) in [6.07, 6.45) is 8.21. The Morgan fingerprint density at radius 2 is 1.76 bits per heavy atom. The number of nitrogens with zero attached hydrogens (tertiary/aromatic N) is 1. The summed E-state index contributed by atoms with van der Waals surface area (Å²) >= 11 is 0. The van der Waals surface area contributed by atoms with Crippen molar-refractivity contribution < 1.29 is 5.11 Å². The number of rotatable bonds is 1. The van der Waals surface area contributed by atoms with Crippen LogP contribution in [0.2, 0.25) is 0 Å². The molecule has 0 aromatic heterocycles. The third kappa shape index (κ3) is 1.99. The van der Waals surface area contributed by atoms with E-state index in [0.29, 0.717) is 5.92 Å². The zero-order chi connectivity index (χ0) is 12.5. The Hall–Kier alpha value is -0.550. The SMILES string of the molecule is CC1CCC(O)(C2(C#N)CCCCC2)C(C)C1. The Labute approximate surface area is 105 Å². The number of hydrogen-bond acceptors (Lipinski definition) is 2. The lowest BCUT2D eigenvalue weighted by Crippen LogP contribution is -2.55. The van der Waals surface area contributed by atoms with Crippen LogP contribution < -0.4 is 0 Å². The van der Waals surface area contributed by atoms with Crippen LogP contribution in [-0.4, -0.2) is 10.7 Å². The second kappa shape index (κ2) is 4.61. The summed E-state index contributed by atoms with van der Waals surface area (Å²) in [5.74, 6) is 0.966. The van der Waals surface area contributed by atoms with Crippen molar-refractivity contribution in [1.82, 2.24) is 0 Å². The van der Waals surface area contributed by atoms with Crippen LogP contribution in [-0.2, 0) is 0 Å². The van der Waals surface area contributed by atoms with E-state index < -0.39 is 11.0 Å². The molecular formula is C15H25NO. The lowest BCUT2D eigenvalue weighted by Gasteiger charge is -2.51. The first-order valence-corrected chi connectivity index (χ1v) is 7.18. The van der Waals surface area contributed by atoms with E-state index in [1.165, 1.54) is 6.42 Å². The summed E-state index contributed by atoms with van der Waals surface area (Å²) in [5, 5.41) is 20.7. The molecule has 0 radical (unpaired) electrons. The van der Waals surface area contributed by atoms with Gasteiger partial charge in [0.1, 0.15) is 0 Å². The Balaban J connectivity index is 2.26. The van der Waals surface area contributed by atoms with Crippen LogP contribution in [0.5, 0.6) is 0 Å². The van der Waals surface area contributed by atoms with Gasteiger partial charge in [-0.05, 0) is 43.9 Å². The van der Waals surface area contributed by atoms with Gasteiger partial charge in [-0.15, -0.1) is 0 Å². The number of aliphatic hydroxyl groups is 1. The van der Waals surface area contributed by atoms with E-state index in [9.17, 15) is 10.4 Å². The van der Waals surface area contributed by atoms with Crippen LogP contribution in [0, 0.1) is 28.6 Å². The molecule has 2 nitrogen and oxygen atoms in total. The Kier molecular flexibility index (Phi) is 3.50. The van der Waals surface area contributed by atoms with Gasteiger partial charge in [-0.2, -0.15) is 5.26 Å². The third-order valence-corrected chi connectivity index (χ3v) is 5.34. The highest BCUT2D eigenvalue weighted by molar-refractivity contribution is 5.15. The molecule has 0 aromatic rings. The maximum atomic E-state index is 11.1. The first-order valence-electron chi connectivity index (χ1n) is 7.18. The minimum absolute atomic E-state index is 0.268. The van der Waals surface area contributed by atoms with Gasteiger partial charge in [0.05, 0.1) is 17.1 Å². The molecule has 1 N–H and O–H groups in total. The highest BCUT2D eigenvalue weighted by Gasteiger charge is 2.55. The van der Waals surface area contributed by atoms with E-state index in [1.807, 2.05) is 0 Å². The molecule has 0 spiro atoms. The minimum atomic E-state index is -0.727. The first kappa shape index (κ1) is 12.9. The second-order valence-corrected chi connectivity index (χ2v) is 6.46. The zero-order valence-electron chi connectivity index (χ0n) is 11.2. The molecule has 0 saturated heterocycles. The fourth-order valence-corrected chi connectivity index (χ4v) is 4.14. The normalized spacial score (nSPS) is 41.8. The fourth-order valence-electron chi connectivity index (χ4n) is 4.14. The Bertz CT molecular complexity index is 313. The topological polar surface area (TPSA) is 44.0 Å². The van der Waals surface area contributed by atoms with E-state index in [0.717, 1.165) is 44.9 Å². The monoisotopic (exact) mass is 235 g/mol. The average molecular weight is 235 g/mol. The third-order valence-electron chi connectivity index (χ3n) is 5.34. The summed E-state index contributed by atoms with van der Waals surface area (Å²) in [7, 11) is 0. The van der Waals surface area contributed by atoms with Crippen LogP contribution in [0.25, 0.3) is 0 Å². The Morgan fingerprint density at radius 3 is 2.29 bits per heavy atom. The van der Waals surface area contributed by atoms with Gasteiger partial charge in [0, 0.05) is 0 Å². The van der Waals surface area contributed by atoms with Crippen molar-refractivity contribution in [3.8, 4) is 6.07 Å². The molecule has 0 aromatic carbocycles. The summed E-state index contributed by atoms with van der Waals surface area (Å²) in [6.45, 7) is 4.40. The molecule has 0 heterocycles. The molecule has 2 aliphatic rings. The van der Waals surface area contributed by atoms with Gasteiger partial charge in [-0.3, -0.25) is 0 Å². The molecule has 0 bridgehead atoms. The number of hydrogen-bond donors (Lipinski definition) is 1. The summed E-state index contributed by atoms with van der Waals surface area (Å²) < 4.78 is 0. The van der Waals surface area contributed by atoms with E-state index >= 15 is 0 Å². The molecule has 96 valence electrons. The van der Waals surface area contributed by atoms with Crippen molar-refractivity contribution in [3.63, 3.8) is 0 Å². The van der Waals surface area contributed by atoms with Gasteiger partial charge < -0.3 is 5.11 Å². The number of nitriles is 1. The highest BCUT2D eigenvalue weighted by atomic mass is 16.3. The predicted molar refractivity (Wildman–Crippen MR) is 68.3 cm³/mol. The van der Waals surface area contributed by atoms with Crippen LogP contribution in [0.1, 0.15) is 65.2 Å². The lowest BCUT2D eigenvalue weighted by atomic mass is 9.55. The summed E-state index contributed by atoms with van der Waals surface area (Å²) in [5.41, 5.74) is -1.18. The quantitative estimate of drug-likeness (QED) is 0.754. The van der Waals surface area contributed by atoms with Crippen molar-refractivity contribution in [1.29, 1.82) is 5.26 Å². The highest BCUT2D eigenvalue weighted by Crippen LogP contribution is 2.53. The second-order valence-electron chi connectivity index (χ2n) is 6.46. The average Bonchev–Trinajstić information content (AvgIpc) is 2.35. The Morgan fingerprint density at radius 1 is 1.12 bits per heavy atom. The van der Waals surface area contributed by atoms with Crippen LogP contribution in [0.15, 0.2) is 0 Å². The molecule has 2 fully saturated rings. The molecule has 0 aliphatic heterocycles. The fraction of sp³-hybridized carbons (Fsp3) is 0.933. The molecule has 2 rings (SSSR count). The maximum absolute atomic E-state index is 11.1. The molecule has 3 unspecified atom stereocenters. The predicted octanol–water partition coefficient (Wildman–Crippen LogP) is 3.65. The van der Waals surface area contributed by atoms with Crippen LogP contribution in [0.4, 0.5) is 0 Å². The van der Waals surface area contributed by atoms with Gasteiger partial charge >= 0.3 is 0 Å². The molecule has 0 amide bonds. The molecular weight excluding hydrogens is 210 g/mol. The lowest BCUT2D eigenvalue weighted by molar-refractivity contribution is -0.138. The standard InChI is InChI=1S/C15H25NO/c1-12-6-9-15(17,13(2)10-12)14(11-16)7-4-3-5-8-14/h12-13,17H,3-10H2,1-2H3. The first-order chi connectivity index (χ1) is 8.04. The van der Waals surface area contributed by atoms with Crippen molar-refractivity contribution in [2.24, 2.45) is 17.3 Å². The van der Waals surface area contributed by atoms with E-state index in [2.05, 4.69) is 19.9 Å². The summed E-state index contributed by atoms with van der Waals surface area (Å²) in [4.78, 5) is 0. The maximum Gasteiger partial charge on any atom is 0.0862 e. The van der Waals surface area contributed by atoms with Gasteiger partial charge in [-0.1, -0.05) is 33.1 Å². The molecule has 3 atom stereocenters. The van der Waals surface area contributed by atoms with E-state index in [-0.39, 0.29) is 5.92 Å². The van der Waals surface area contributed by atoms with Crippen LogP contribution in [0.3, 0.4) is 0 Å². The van der Waals surface area contributed by atoms with Gasteiger partial charge in [-0.25, -0.2) is 0 Å². The summed E-state index contributed by atoms with van der Waals surface area (Å²) in [6, 6.07) is 2.52. The molecule has 2 heteroatoms. The smallest absolute Gasteiger partial charge is 0.0862 e. The van der Waals surface area contributed by atoms with Gasteiger partial charge in [0.2, 0.25) is 0 Å². The van der Waals surface area contributed by atoms with Crippen LogP contribution >= 0.6 is 0 Å². The van der Waals surface area contributed by atoms with Crippen molar-refractivity contribution >= 4 is 0 Å². The van der Waals surface area contributed by atoms with Crippen molar-refractivity contribution in [3.05, 3.63) is 0 Å². The molecule has 17 heavy (non-hydrogen) atoms. The minimum Gasteiger partial charge on any atom is -0.388 e. The van der Waals surface area contributed by atoms with E-state index in [1.54, 1.807) is 0 Å². The van der Waals surface area contributed by atoms with Gasteiger partial charge in [0.15, 0.2) is 0 Å². The largest absolute Gasteiger partial charge is 0.388 e.